The second kappa shape index (κ2) is 9.84. The fourth-order valence-electron chi connectivity index (χ4n) is 2.38. The number of nitrogen functional groups attached to an aromatic ring is 1. The Morgan fingerprint density at radius 2 is 2.19 bits per heavy atom. The summed E-state index contributed by atoms with van der Waals surface area (Å²) in [5.41, 5.74) is 8.81. The molecule has 0 saturated heterocycles. The van der Waals surface area contributed by atoms with Gasteiger partial charge in [0.05, 0.1) is 13.2 Å². The standard InChI is InChI=1S/C14H21N3O2.2ClH/c1-19-9-7-16-10-14(18)17-8-3-4-11-12(15)5-2-6-13(11)17;;/h2,5-6,16H,3-4,7-10,15H2,1H3;2*1H. The maximum atomic E-state index is 12.2. The number of anilines is 2. The number of carbonyl (C=O) groups is 1. The Labute approximate surface area is 138 Å². The van der Waals surface area contributed by atoms with Gasteiger partial charge in [0.15, 0.2) is 0 Å². The minimum absolute atomic E-state index is 0. The average Bonchev–Trinajstić information content (AvgIpc) is 2.43. The number of rotatable bonds is 5. The van der Waals surface area contributed by atoms with E-state index in [1.165, 1.54) is 0 Å². The molecule has 0 aromatic heterocycles. The third-order valence-electron chi connectivity index (χ3n) is 3.35. The summed E-state index contributed by atoms with van der Waals surface area (Å²) in [4.78, 5) is 14.0. The van der Waals surface area contributed by atoms with E-state index in [0.717, 1.165) is 36.3 Å². The number of carbonyl (C=O) groups excluding carboxylic acids is 1. The first-order chi connectivity index (χ1) is 9.24. The molecule has 0 aliphatic carbocycles. The molecule has 1 aromatic carbocycles. The number of benzene rings is 1. The van der Waals surface area contributed by atoms with Crippen molar-refractivity contribution in [3.05, 3.63) is 23.8 Å². The van der Waals surface area contributed by atoms with Crippen molar-refractivity contribution in [2.45, 2.75) is 12.8 Å². The van der Waals surface area contributed by atoms with Gasteiger partial charge < -0.3 is 20.7 Å². The number of methoxy groups -OCH3 is 1. The molecule has 1 aliphatic heterocycles. The van der Waals surface area contributed by atoms with Crippen molar-refractivity contribution in [2.24, 2.45) is 0 Å². The highest BCUT2D eigenvalue weighted by molar-refractivity contribution is 5.96. The molecule has 0 atom stereocenters. The summed E-state index contributed by atoms with van der Waals surface area (Å²) in [6, 6.07) is 5.76. The van der Waals surface area contributed by atoms with E-state index in [4.69, 9.17) is 10.5 Å². The minimum Gasteiger partial charge on any atom is -0.398 e. The average molecular weight is 336 g/mol. The number of amides is 1. The summed E-state index contributed by atoms with van der Waals surface area (Å²) >= 11 is 0. The summed E-state index contributed by atoms with van der Waals surface area (Å²) in [5.74, 6) is 0.0858. The van der Waals surface area contributed by atoms with E-state index in [1.807, 2.05) is 23.1 Å². The molecule has 0 spiro atoms. The van der Waals surface area contributed by atoms with Crippen molar-refractivity contribution < 1.29 is 9.53 Å². The first-order valence-electron chi connectivity index (χ1n) is 6.61. The molecule has 0 unspecified atom stereocenters. The fourth-order valence-corrected chi connectivity index (χ4v) is 2.38. The molecule has 3 N–H and O–H groups in total. The van der Waals surface area contributed by atoms with E-state index >= 15 is 0 Å². The zero-order valence-electron chi connectivity index (χ0n) is 12.1. The molecule has 1 aromatic rings. The molecule has 21 heavy (non-hydrogen) atoms. The summed E-state index contributed by atoms with van der Waals surface area (Å²) in [6.45, 7) is 2.38. The smallest absolute Gasteiger partial charge is 0.240 e. The van der Waals surface area contributed by atoms with Crippen LogP contribution in [0.15, 0.2) is 18.2 Å². The number of fused-ring (bicyclic) bond motifs is 1. The van der Waals surface area contributed by atoms with Crippen LogP contribution in [-0.2, 0) is 16.0 Å². The van der Waals surface area contributed by atoms with Gasteiger partial charge in [-0.05, 0) is 30.5 Å². The van der Waals surface area contributed by atoms with Crippen LogP contribution in [0.4, 0.5) is 11.4 Å². The highest BCUT2D eigenvalue weighted by atomic mass is 35.5. The lowest BCUT2D eigenvalue weighted by Crippen LogP contribution is -2.41. The van der Waals surface area contributed by atoms with Crippen LogP contribution in [0.1, 0.15) is 12.0 Å². The van der Waals surface area contributed by atoms with Gasteiger partial charge in [-0.25, -0.2) is 0 Å². The molecule has 0 saturated carbocycles. The second-order valence-corrected chi connectivity index (χ2v) is 4.66. The molecule has 2 rings (SSSR count). The summed E-state index contributed by atoms with van der Waals surface area (Å²) < 4.78 is 4.94. The van der Waals surface area contributed by atoms with Crippen LogP contribution in [0, 0.1) is 0 Å². The molecule has 7 heteroatoms. The van der Waals surface area contributed by atoms with Gasteiger partial charge in [-0.1, -0.05) is 6.07 Å². The van der Waals surface area contributed by atoms with Gasteiger partial charge in [-0.2, -0.15) is 0 Å². The Morgan fingerprint density at radius 3 is 2.90 bits per heavy atom. The minimum atomic E-state index is 0. The van der Waals surface area contributed by atoms with Gasteiger partial charge in [-0.15, -0.1) is 24.8 Å². The number of nitrogens with one attached hydrogen (secondary N) is 1. The highest BCUT2D eigenvalue weighted by Crippen LogP contribution is 2.31. The summed E-state index contributed by atoms with van der Waals surface area (Å²) in [7, 11) is 1.65. The number of nitrogens with zero attached hydrogens (tertiary/aromatic N) is 1. The number of halogens is 2. The molecule has 0 radical (unpaired) electrons. The normalized spacial score (nSPS) is 12.9. The van der Waals surface area contributed by atoms with Crippen LogP contribution in [0.3, 0.4) is 0 Å². The van der Waals surface area contributed by atoms with E-state index in [-0.39, 0.29) is 30.7 Å². The fraction of sp³-hybridized carbons (Fsp3) is 0.500. The summed E-state index contributed by atoms with van der Waals surface area (Å²) in [6.07, 6.45) is 1.91. The lowest BCUT2D eigenvalue weighted by molar-refractivity contribution is -0.117. The molecular weight excluding hydrogens is 313 g/mol. The van der Waals surface area contributed by atoms with Gasteiger partial charge in [-0.3, -0.25) is 4.79 Å². The first kappa shape index (κ1) is 20.0. The number of nitrogens with two attached hydrogens (primary N) is 1. The van der Waals surface area contributed by atoms with E-state index in [1.54, 1.807) is 7.11 Å². The van der Waals surface area contributed by atoms with Gasteiger partial charge in [0, 0.05) is 31.6 Å². The van der Waals surface area contributed by atoms with E-state index in [9.17, 15) is 4.79 Å². The number of hydrogen-bond donors (Lipinski definition) is 2. The Hall–Kier alpha value is -1.01. The van der Waals surface area contributed by atoms with Crippen LogP contribution in [0.5, 0.6) is 0 Å². The lowest BCUT2D eigenvalue weighted by Gasteiger charge is -2.30. The van der Waals surface area contributed by atoms with Crippen molar-refractivity contribution in [2.75, 3.05) is 44.0 Å². The topological polar surface area (TPSA) is 67.6 Å². The van der Waals surface area contributed by atoms with Crippen molar-refractivity contribution in [3.8, 4) is 0 Å². The van der Waals surface area contributed by atoms with Gasteiger partial charge in [0.25, 0.3) is 0 Å². The zero-order valence-corrected chi connectivity index (χ0v) is 13.8. The lowest BCUT2D eigenvalue weighted by atomic mass is 10.00. The quantitative estimate of drug-likeness (QED) is 0.634. The van der Waals surface area contributed by atoms with Crippen LogP contribution in [-0.4, -0.2) is 39.3 Å². The van der Waals surface area contributed by atoms with Gasteiger partial charge in [0.2, 0.25) is 5.91 Å². The Morgan fingerprint density at radius 1 is 1.43 bits per heavy atom. The predicted molar refractivity (Wildman–Crippen MR) is 90.8 cm³/mol. The van der Waals surface area contributed by atoms with Crippen molar-refractivity contribution in [1.82, 2.24) is 5.32 Å². The Balaban J connectivity index is 0.00000200. The van der Waals surface area contributed by atoms with E-state index in [0.29, 0.717) is 19.7 Å². The van der Waals surface area contributed by atoms with Gasteiger partial charge >= 0.3 is 0 Å². The Bertz CT molecular complexity index is 458. The third kappa shape index (κ3) is 5.04. The molecular formula is C14H23Cl2N3O2. The molecule has 0 bridgehead atoms. The molecule has 1 amide bonds. The van der Waals surface area contributed by atoms with Crippen LogP contribution in [0.2, 0.25) is 0 Å². The molecule has 1 aliphatic rings. The molecule has 120 valence electrons. The predicted octanol–water partition coefficient (Wildman–Crippen LogP) is 1.63. The first-order valence-corrected chi connectivity index (χ1v) is 6.61. The van der Waals surface area contributed by atoms with Crippen LogP contribution >= 0.6 is 24.8 Å². The largest absolute Gasteiger partial charge is 0.398 e. The van der Waals surface area contributed by atoms with E-state index in [2.05, 4.69) is 5.32 Å². The molecule has 1 heterocycles. The van der Waals surface area contributed by atoms with Crippen LogP contribution < -0.4 is 16.0 Å². The molecule has 0 fully saturated rings. The van der Waals surface area contributed by atoms with Crippen molar-refractivity contribution in [1.29, 1.82) is 0 Å². The monoisotopic (exact) mass is 335 g/mol. The maximum absolute atomic E-state index is 12.2. The van der Waals surface area contributed by atoms with Gasteiger partial charge in [0.1, 0.15) is 0 Å². The highest BCUT2D eigenvalue weighted by Gasteiger charge is 2.23. The molecule has 5 nitrogen and oxygen atoms in total. The third-order valence-corrected chi connectivity index (χ3v) is 3.35. The summed E-state index contributed by atoms with van der Waals surface area (Å²) in [5, 5.41) is 3.08. The number of hydrogen-bond acceptors (Lipinski definition) is 4. The zero-order chi connectivity index (χ0) is 13.7. The number of ether oxygens (including phenoxy) is 1. The van der Waals surface area contributed by atoms with E-state index < -0.39 is 0 Å². The maximum Gasteiger partial charge on any atom is 0.240 e. The SMILES string of the molecule is COCCNCC(=O)N1CCCc2c(N)cccc21.Cl.Cl. The van der Waals surface area contributed by atoms with Crippen molar-refractivity contribution >= 4 is 42.1 Å². The van der Waals surface area contributed by atoms with Crippen molar-refractivity contribution in [3.63, 3.8) is 0 Å². The second-order valence-electron chi connectivity index (χ2n) is 4.66. The van der Waals surface area contributed by atoms with Crippen LogP contribution in [0.25, 0.3) is 0 Å². The Kier molecular flexibility index (Phi) is 9.37.